The minimum atomic E-state index is -4.81. The van der Waals surface area contributed by atoms with Crippen molar-refractivity contribution < 1.29 is 32.5 Å². The van der Waals surface area contributed by atoms with Gasteiger partial charge in [0, 0.05) is 6.07 Å². The molecule has 0 saturated carbocycles. The number of H-pyrrole nitrogens is 1. The second kappa shape index (κ2) is 6.78. The van der Waals surface area contributed by atoms with Crippen molar-refractivity contribution in [2.24, 2.45) is 0 Å². The normalized spacial score (nSPS) is 11.7. The number of thioether (sulfide) groups is 1. The van der Waals surface area contributed by atoms with Crippen LogP contribution in [0.3, 0.4) is 0 Å². The van der Waals surface area contributed by atoms with Gasteiger partial charge in [0.15, 0.2) is 5.75 Å². The zero-order valence-corrected chi connectivity index (χ0v) is 13.9. The molecule has 3 rings (SSSR count). The Balaban J connectivity index is 1.99. The van der Waals surface area contributed by atoms with Gasteiger partial charge in [-0.3, -0.25) is 0 Å². The second-order valence-electron chi connectivity index (χ2n) is 4.85. The summed E-state index contributed by atoms with van der Waals surface area (Å²) in [6.45, 7) is 1.80. The van der Waals surface area contributed by atoms with Gasteiger partial charge in [-0.2, -0.15) is 5.10 Å². The van der Waals surface area contributed by atoms with Gasteiger partial charge in [0.05, 0.1) is 28.3 Å². The van der Waals surface area contributed by atoms with E-state index in [4.69, 9.17) is 5.11 Å². The summed E-state index contributed by atoms with van der Waals surface area (Å²) in [7, 11) is 0. The molecule has 138 valence electrons. The predicted molar refractivity (Wildman–Crippen MR) is 84.9 cm³/mol. The van der Waals surface area contributed by atoms with Crippen LogP contribution in [0.15, 0.2) is 29.4 Å². The van der Waals surface area contributed by atoms with E-state index in [1.807, 2.05) is 0 Å². The van der Waals surface area contributed by atoms with E-state index in [0.29, 0.717) is 21.7 Å². The summed E-state index contributed by atoms with van der Waals surface area (Å²) in [6, 6.07) is 2.68. The van der Waals surface area contributed by atoms with E-state index in [9.17, 15) is 18.0 Å². The number of nitrogens with zero attached hydrogens (tertiary/aromatic N) is 3. The minimum absolute atomic E-state index is 0.0266. The standard InChI is InChI=1S/C14H11F3N4O4S/c1-2-26-11-4-9-8(3-10(11)25-14(15,16)17)19-12(20-9)21-6-7(5-18-21)24-13(22)23/h3-6H,2H2,1H3,(H,19,20)(H,22,23). The molecule has 0 fully saturated rings. The maximum Gasteiger partial charge on any atom is 0.573 e. The van der Waals surface area contributed by atoms with Crippen molar-refractivity contribution in [1.82, 2.24) is 19.7 Å². The molecule has 0 aliphatic heterocycles. The number of aromatic amines is 1. The van der Waals surface area contributed by atoms with Crippen LogP contribution < -0.4 is 9.47 Å². The number of aromatic nitrogens is 4. The molecule has 0 atom stereocenters. The van der Waals surface area contributed by atoms with Gasteiger partial charge in [-0.25, -0.2) is 14.5 Å². The third kappa shape index (κ3) is 4.02. The molecule has 2 aromatic heterocycles. The highest BCUT2D eigenvalue weighted by Gasteiger charge is 2.32. The molecule has 2 heterocycles. The van der Waals surface area contributed by atoms with Crippen molar-refractivity contribution in [3.63, 3.8) is 0 Å². The first-order chi connectivity index (χ1) is 12.2. The number of imidazole rings is 1. The third-order valence-corrected chi connectivity index (χ3v) is 3.96. The van der Waals surface area contributed by atoms with Gasteiger partial charge in [-0.1, -0.05) is 6.92 Å². The molecule has 1 aromatic carbocycles. The number of ether oxygens (including phenoxy) is 2. The number of alkyl halides is 3. The summed E-state index contributed by atoms with van der Waals surface area (Å²) in [5.41, 5.74) is 0.706. The molecule has 0 amide bonds. The van der Waals surface area contributed by atoms with Crippen molar-refractivity contribution >= 4 is 29.0 Å². The van der Waals surface area contributed by atoms with E-state index in [-0.39, 0.29) is 17.4 Å². The van der Waals surface area contributed by atoms with Crippen molar-refractivity contribution in [1.29, 1.82) is 0 Å². The fourth-order valence-electron chi connectivity index (χ4n) is 2.16. The zero-order valence-electron chi connectivity index (χ0n) is 13.1. The molecular weight excluding hydrogens is 377 g/mol. The lowest BCUT2D eigenvalue weighted by molar-refractivity contribution is -0.275. The van der Waals surface area contributed by atoms with E-state index >= 15 is 0 Å². The van der Waals surface area contributed by atoms with Gasteiger partial charge < -0.3 is 19.6 Å². The number of hydrogen-bond donors (Lipinski definition) is 2. The minimum Gasteiger partial charge on any atom is -0.449 e. The molecule has 12 heteroatoms. The number of halogens is 3. The Bertz CT molecular complexity index is 953. The lowest BCUT2D eigenvalue weighted by Crippen LogP contribution is -2.17. The number of benzene rings is 1. The van der Waals surface area contributed by atoms with E-state index in [1.165, 1.54) is 34.8 Å². The third-order valence-electron chi connectivity index (χ3n) is 3.04. The first-order valence-electron chi connectivity index (χ1n) is 7.13. The highest BCUT2D eigenvalue weighted by molar-refractivity contribution is 7.99. The van der Waals surface area contributed by atoms with Crippen LogP contribution in [0.25, 0.3) is 17.0 Å². The van der Waals surface area contributed by atoms with E-state index in [0.717, 1.165) is 6.20 Å². The van der Waals surface area contributed by atoms with Crippen LogP contribution in [-0.4, -0.2) is 43.1 Å². The number of carboxylic acid groups (broad SMARTS) is 1. The molecule has 0 unspecified atom stereocenters. The number of carbonyl (C=O) groups is 1. The Morgan fingerprint density at radius 3 is 2.85 bits per heavy atom. The molecule has 3 aromatic rings. The number of nitrogens with one attached hydrogen (secondary N) is 1. The van der Waals surface area contributed by atoms with Gasteiger partial charge in [0.1, 0.15) is 5.75 Å². The Labute approximate surface area is 147 Å². The quantitative estimate of drug-likeness (QED) is 0.506. The highest BCUT2D eigenvalue weighted by atomic mass is 32.2. The van der Waals surface area contributed by atoms with Crippen molar-refractivity contribution in [2.45, 2.75) is 18.2 Å². The number of hydrogen-bond acceptors (Lipinski definition) is 6. The number of fused-ring (bicyclic) bond motifs is 1. The van der Waals surface area contributed by atoms with Crippen molar-refractivity contribution in [2.75, 3.05) is 5.75 Å². The lowest BCUT2D eigenvalue weighted by atomic mass is 10.3. The average Bonchev–Trinajstić information content (AvgIpc) is 3.12. The summed E-state index contributed by atoms with van der Waals surface area (Å²) < 4.78 is 47.6. The average molecular weight is 388 g/mol. The first-order valence-corrected chi connectivity index (χ1v) is 8.12. The van der Waals surface area contributed by atoms with Crippen LogP contribution >= 0.6 is 11.8 Å². The Morgan fingerprint density at radius 1 is 1.42 bits per heavy atom. The summed E-state index contributed by atoms with van der Waals surface area (Å²) in [5, 5.41) is 12.5. The predicted octanol–water partition coefficient (Wildman–Crippen LogP) is 3.82. The van der Waals surface area contributed by atoms with Crippen LogP contribution in [0.4, 0.5) is 18.0 Å². The van der Waals surface area contributed by atoms with Crippen LogP contribution in [0.5, 0.6) is 11.5 Å². The maximum atomic E-state index is 12.6. The van der Waals surface area contributed by atoms with Crippen LogP contribution in [0.2, 0.25) is 0 Å². The molecular formula is C14H11F3N4O4S. The monoisotopic (exact) mass is 388 g/mol. The fraction of sp³-hybridized carbons (Fsp3) is 0.214. The molecule has 8 nitrogen and oxygen atoms in total. The highest BCUT2D eigenvalue weighted by Crippen LogP contribution is 2.36. The molecule has 0 bridgehead atoms. The molecule has 0 spiro atoms. The van der Waals surface area contributed by atoms with Gasteiger partial charge in [-0.05, 0) is 11.8 Å². The Kier molecular flexibility index (Phi) is 4.68. The smallest absolute Gasteiger partial charge is 0.449 e. The second-order valence-corrected chi connectivity index (χ2v) is 6.15. The van der Waals surface area contributed by atoms with E-state index in [1.54, 1.807) is 6.92 Å². The van der Waals surface area contributed by atoms with E-state index < -0.39 is 12.5 Å². The van der Waals surface area contributed by atoms with Gasteiger partial charge >= 0.3 is 12.5 Å². The van der Waals surface area contributed by atoms with Crippen LogP contribution in [-0.2, 0) is 0 Å². The molecule has 0 aliphatic rings. The Morgan fingerprint density at radius 2 is 2.19 bits per heavy atom. The zero-order chi connectivity index (χ0) is 18.9. The van der Waals surface area contributed by atoms with Gasteiger partial charge in [-0.15, -0.1) is 24.9 Å². The topological polar surface area (TPSA) is 102 Å². The summed E-state index contributed by atoms with van der Waals surface area (Å²) in [4.78, 5) is 17.9. The van der Waals surface area contributed by atoms with Gasteiger partial charge in [0.2, 0.25) is 5.95 Å². The Hall–Kier alpha value is -2.89. The lowest BCUT2D eigenvalue weighted by Gasteiger charge is -2.12. The molecule has 0 aliphatic carbocycles. The number of rotatable bonds is 5. The summed E-state index contributed by atoms with van der Waals surface area (Å²) >= 11 is 1.19. The van der Waals surface area contributed by atoms with Crippen LogP contribution in [0.1, 0.15) is 6.92 Å². The largest absolute Gasteiger partial charge is 0.573 e. The fourth-order valence-corrected chi connectivity index (χ4v) is 2.91. The summed E-state index contributed by atoms with van der Waals surface area (Å²) in [6.07, 6.45) is -3.88. The van der Waals surface area contributed by atoms with Gasteiger partial charge in [0.25, 0.3) is 0 Å². The molecule has 2 N–H and O–H groups in total. The van der Waals surface area contributed by atoms with Crippen LogP contribution in [0, 0.1) is 0 Å². The summed E-state index contributed by atoms with van der Waals surface area (Å²) in [5.74, 6) is 0.368. The molecule has 0 radical (unpaired) electrons. The SMILES string of the molecule is CCSc1cc2nc(-n3cc(OC(=O)O)cn3)[nH]c2cc1OC(F)(F)F. The van der Waals surface area contributed by atoms with E-state index in [2.05, 4.69) is 24.5 Å². The molecule has 0 saturated heterocycles. The maximum absolute atomic E-state index is 12.6. The van der Waals surface area contributed by atoms with Crippen molar-refractivity contribution in [3.8, 4) is 17.4 Å². The molecule has 26 heavy (non-hydrogen) atoms. The van der Waals surface area contributed by atoms with Crippen molar-refractivity contribution in [3.05, 3.63) is 24.5 Å². The first kappa shape index (κ1) is 17.9.